The number of hydrogen-bond acceptors (Lipinski definition) is 4. The number of nitrogens with one attached hydrogen (secondary N) is 1. The average Bonchev–Trinajstić information content (AvgIpc) is 2.71. The van der Waals surface area contributed by atoms with Crippen LogP contribution in [0.25, 0.3) is 11.0 Å². The monoisotopic (exact) mass is 333 g/mol. The van der Waals surface area contributed by atoms with Gasteiger partial charge < -0.3 is 5.11 Å². The molecule has 1 aromatic heterocycles. The fourth-order valence-corrected chi connectivity index (χ4v) is 3.51. The van der Waals surface area contributed by atoms with Crippen molar-refractivity contribution in [1.82, 2.24) is 9.13 Å². The number of sulfonamides is 1. The second kappa shape index (κ2) is 5.17. The Bertz CT molecular complexity index is 1060. The second-order valence-corrected chi connectivity index (χ2v) is 6.89. The highest BCUT2D eigenvalue weighted by atomic mass is 32.2. The molecule has 0 bridgehead atoms. The molecular formula is C15H15N3O4S. The molecule has 8 heteroatoms. The summed E-state index contributed by atoms with van der Waals surface area (Å²) in [6.07, 6.45) is 0. The van der Waals surface area contributed by atoms with Gasteiger partial charge in [-0.1, -0.05) is 6.07 Å². The van der Waals surface area contributed by atoms with Gasteiger partial charge in [0.25, 0.3) is 10.0 Å². The lowest BCUT2D eigenvalue weighted by Crippen LogP contribution is -2.19. The van der Waals surface area contributed by atoms with Crippen molar-refractivity contribution >= 4 is 26.7 Å². The van der Waals surface area contributed by atoms with Crippen molar-refractivity contribution < 1.29 is 13.5 Å². The summed E-state index contributed by atoms with van der Waals surface area (Å²) in [6.45, 7) is 0. The third-order valence-corrected chi connectivity index (χ3v) is 5.03. The molecule has 0 atom stereocenters. The molecule has 0 unspecified atom stereocenters. The summed E-state index contributed by atoms with van der Waals surface area (Å²) in [5.41, 5.74) is 1.20. The van der Waals surface area contributed by atoms with E-state index < -0.39 is 10.0 Å². The fraction of sp³-hybridized carbons (Fsp3) is 0.133. The van der Waals surface area contributed by atoms with E-state index in [4.69, 9.17) is 0 Å². The van der Waals surface area contributed by atoms with Gasteiger partial charge in [-0.05, 0) is 30.3 Å². The van der Waals surface area contributed by atoms with E-state index in [1.807, 2.05) is 0 Å². The van der Waals surface area contributed by atoms with E-state index in [1.54, 1.807) is 20.2 Å². The van der Waals surface area contributed by atoms with Crippen LogP contribution in [0.1, 0.15) is 0 Å². The van der Waals surface area contributed by atoms with Gasteiger partial charge in [0.1, 0.15) is 5.75 Å². The van der Waals surface area contributed by atoms with Crippen LogP contribution in [-0.2, 0) is 24.1 Å². The Morgan fingerprint density at radius 3 is 2.39 bits per heavy atom. The van der Waals surface area contributed by atoms with Gasteiger partial charge in [-0.3, -0.25) is 13.9 Å². The second-order valence-electron chi connectivity index (χ2n) is 5.21. The molecule has 0 spiro atoms. The Labute approximate surface area is 132 Å². The van der Waals surface area contributed by atoms with Crippen LogP contribution >= 0.6 is 0 Å². The van der Waals surface area contributed by atoms with Crippen molar-refractivity contribution in [2.75, 3.05) is 4.72 Å². The number of anilines is 1. The van der Waals surface area contributed by atoms with E-state index in [-0.39, 0.29) is 22.0 Å². The van der Waals surface area contributed by atoms with E-state index in [1.165, 1.54) is 45.5 Å². The van der Waals surface area contributed by atoms with E-state index >= 15 is 0 Å². The molecule has 3 rings (SSSR count). The van der Waals surface area contributed by atoms with Crippen LogP contribution in [0.3, 0.4) is 0 Å². The lowest BCUT2D eigenvalue weighted by molar-refractivity contribution is 0.475. The minimum absolute atomic E-state index is 0.0360. The molecule has 0 aliphatic carbocycles. The van der Waals surface area contributed by atoms with Crippen LogP contribution in [0, 0.1) is 0 Å². The van der Waals surface area contributed by atoms with Gasteiger partial charge in [-0.2, -0.15) is 0 Å². The van der Waals surface area contributed by atoms with Crippen LogP contribution in [0.2, 0.25) is 0 Å². The van der Waals surface area contributed by atoms with E-state index in [0.29, 0.717) is 11.0 Å². The highest BCUT2D eigenvalue weighted by Crippen LogP contribution is 2.22. The number of aromatic hydroxyl groups is 1. The van der Waals surface area contributed by atoms with Crippen molar-refractivity contribution in [1.29, 1.82) is 0 Å². The summed E-state index contributed by atoms with van der Waals surface area (Å²) < 4.78 is 30.2. The molecule has 0 aliphatic heterocycles. The maximum absolute atomic E-state index is 12.5. The van der Waals surface area contributed by atoms with Gasteiger partial charge in [0.2, 0.25) is 0 Å². The Kier molecular flexibility index (Phi) is 3.41. The van der Waals surface area contributed by atoms with Crippen LogP contribution < -0.4 is 10.4 Å². The summed E-state index contributed by atoms with van der Waals surface area (Å²) >= 11 is 0. The molecule has 2 aromatic carbocycles. The van der Waals surface area contributed by atoms with E-state index in [0.717, 1.165) is 0 Å². The average molecular weight is 333 g/mol. The Balaban J connectivity index is 2.08. The largest absolute Gasteiger partial charge is 0.508 e. The lowest BCUT2D eigenvalue weighted by Gasteiger charge is -2.09. The molecule has 7 nitrogen and oxygen atoms in total. The number of nitrogens with zero attached hydrogens (tertiary/aromatic N) is 2. The number of fused-ring (bicyclic) bond motifs is 1. The first-order valence-corrected chi connectivity index (χ1v) is 8.25. The highest BCUT2D eigenvalue weighted by Gasteiger charge is 2.17. The van der Waals surface area contributed by atoms with Gasteiger partial charge in [-0.15, -0.1) is 0 Å². The first kappa shape index (κ1) is 15.2. The normalized spacial score (nSPS) is 11.7. The third-order valence-electron chi connectivity index (χ3n) is 3.65. The smallest absolute Gasteiger partial charge is 0.328 e. The van der Waals surface area contributed by atoms with Crippen molar-refractivity contribution in [3.05, 3.63) is 52.9 Å². The van der Waals surface area contributed by atoms with Gasteiger partial charge in [0, 0.05) is 20.2 Å². The van der Waals surface area contributed by atoms with Crippen molar-refractivity contribution in [3.8, 4) is 5.75 Å². The Morgan fingerprint density at radius 2 is 1.70 bits per heavy atom. The summed E-state index contributed by atoms with van der Waals surface area (Å²) in [6, 6.07) is 10.3. The summed E-state index contributed by atoms with van der Waals surface area (Å²) in [4.78, 5) is 11.9. The maximum atomic E-state index is 12.5. The number of phenols is 1. The van der Waals surface area contributed by atoms with E-state index in [9.17, 15) is 18.3 Å². The number of aryl methyl sites for hydroxylation is 2. The van der Waals surface area contributed by atoms with Crippen LogP contribution in [0.15, 0.2) is 52.2 Å². The molecule has 0 saturated heterocycles. The molecular weight excluding hydrogens is 318 g/mol. The molecule has 0 amide bonds. The molecule has 3 aromatic rings. The molecule has 2 N–H and O–H groups in total. The molecule has 120 valence electrons. The summed E-state index contributed by atoms with van der Waals surface area (Å²) in [5, 5.41) is 9.42. The quantitative estimate of drug-likeness (QED) is 0.757. The number of phenolic OH excluding ortho intramolecular Hbond substituents is 1. The molecule has 1 heterocycles. The third kappa shape index (κ3) is 2.57. The zero-order chi connectivity index (χ0) is 16.8. The number of benzene rings is 2. The molecule has 0 radical (unpaired) electrons. The van der Waals surface area contributed by atoms with Gasteiger partial charge in [-0.25, -0.2) is 13.2 Å². The minimum atomic E-state index is -3.83. The predicted molar refractivity (Wildman–Crippen MR) is 87.1 cm³/mol. The Hall–Kier alpha value is -2.74. The van der Waals surface area contributed by atoms with Crippen LogP contribution in [0.5, 0.6) is 5.75 Å². The number of imidazole rings is 1. The Morgan fingerprint density at radius 1 is 1.00 bits per heavy atom. The van der Waals surface area contributed by atoms with Gasteiger partial charge >= 0.3 is 5.69 Å². The van der Waals surface area contributed by atoms with Crippen LogP contribution in [0.4, 0.5) is 5.69 Å². The van der Waals surface area contributed by atoms with Crippen molar-refractivity contribution in [2.45, 2.75) is 4.90 Å². The topological polar surface area (TPSA) is 93.3 Å². The van der Waals surface area contributed by atoms with Gasteiger partial charge in [0.05, 0.1) is 21.6 Å². The first-order valence-electron chi connectivity index (χ1n) is 6.77. The number of hydrogen-bond donors (Lipinski definition) is 2. The first-order chi connectivity index (χ1) is 10.8. The lowest BCUT2D eigenvalue weighted by atomic mass is 10.3. The minimum Gasteiger partial charge on any atom is -0.508 e. The molecule has 23 heavy (non-hydrogen) atoms. The number of rotatable bonds is 3. The van der Waals surface area contributed by atoms with Crippen LogP contribution in [-0.4, -0.2) is 22.7 Å². The number of aromatic nitrogens is 2. The maximum Gasteiger partial charge on any atom is 0.328 e. The van der Waals surface area contributed by atoms with Crippen molar-refractivity contribution in [3.63, 3.8) is 0 Å². The summed E-state index contributed by atoms with van der Waals surface area (Å²) in [7, 11) is -0.612. The summed E-state index contributed by atoms with van der Waals surface area (Å²) in [5.74, 6) is -0.0360. The molecule has 0 aliphatic rings. The highest BCUT2D eigenvalue weighted by molar-refractivity contribution is 7.92. The zero-order valence-corrected chi connectivity index (χ0v) is 13.3. The SMILES string of the molecule is Cn1c(=O)n(C)c2cc(S(=O)(=O)Nc3cccc(O)c3)ccc21. The molecule has 0 saturated carbocycles. The van der Waals surface area contributed by atoms with Crippen molar-refractivity contribution in [2.24, 2.45) is 14.1 Å². The predicted octanol–water partition coefficient (Wildman–Crippen LogP) is 1.38. The van der Waals surface area contributed by atoms with E-state index in [2.05, 4.69) is 4.72 Å². The molecule has 0 fully saturated rings. The van der Waals surface area contributed by atoms with Gasteiger partial charge in [0.15, 0.2) is 0 Å². The standard InChI is InChI=1S/C15H15N3O4S/c1-17-13-7-6-12(9-14(13)18(2)15(17)20)23(21,22)16-10-4-3-5-11(19)8-10/h3-9,16,19H,1-2H3. The zero-order valence-electron chi connectivity index (χ0n) is 12.5. The fourth-order valence-electron chi connectivity index (χ4n) is 2.44.